The first-order valence-electron chi connectivity index (χ1n) is 13.7. The number of anilines is 1. The van der Waals surface area contributed by atoms with Crippen molar-refractivity contribution < 1.29 is 47.3 Å². The van der Waals surface area contributed by atoms with Crippen molar-refractivity contribution in [1.82, 2.24) is 10.4 Å². The van der Waals surface area contributed by atoms with E-state index < -0.39 is 21.0 Å². The van der Waals surface area contributed by atoms with Gasteiger partial charge in [-0.25, -0.2) is 23.6 Å². The molecule has 0 saturated heterocycles. The van der Waals surface area contributed by atoms with E-state index in [1.165, 1.54) is 107 Å². The Balaban J connectivity index is 0.00000722. The molecule has 9 nitrogen and oxygen atoms in total. The van der Waals surface area contributed by atoms with Crippen molar-refractivity contribution in [3.05, 3.63) is 24.3 Å². The van der Waals surface area contributed by atoms with E-state index in [0.29, 0.717) is 6.42 Å². The van der Waals surface area contributed by atoms with Gasteiger partial charge in [0.05, 0.1) is 4.90 Å². The van der Waals surface area contributed by atoms with E-state index in [-0.39, 0.29) is 46.5 Å². The van der Waals surface area contributed by atoms with Gasteiger partial charge in [-0.1, -0.05) is 103 Å². The number of nitrogens with zero attached hydrogens (tertiary/aromatic N) is 3. The minimum absolute atomic E-state index is 0. The van der Waals surface area contributed by atoms with Gasteiger partial charge in [0.1, 0.15) is 10.1 Å². The van der Waals surface area contributed by atoms with Crippen LogP contribution in [0.1, 0.15) is 110 Å². The van der Waals surface area contributed by atoms with Crippen molar-refractivity contribution >= 4 is 39.2 Å². The summed E-state index contributed by atoms with van der Waals surface area (Å²) in [4.78, 5) is 12.0. The zero-order valence-electron chi connectivity index (χ0n) is 23.0. The normalized spacial score (nSPS) is 14.9. The molecule has 0 bridgehead atoms. The van der Waals surface area contributed by atoms with Gasteiger partial charge in [-0.05, 0) is 43.3 Å². The fourth-order valence-corrected chi connectivity index (χ4v) is 5.08. The van der Waals surface area contributed by atoms with Gasteiger partial charge in [0.25, 0.3) is 0 Å². The summed E-state index contributed by atoms with van der Waals surface area (Å²) >= 11 is 5.18. The first-order chi connectivity index (χ1) is 17.8. The molecule has 38 heavy (non-hydrogen) atoms. The molecule has 0 saturated carbocycles. The van der Waals surface area contributed by atoms with Crippen molar-refractivity contribution in [3.8, 4) is 0 Å². The molecular weight excluding hydrogens is 533 g/mol. The third kappa shape index (κ3) is 14.3. The van der Waals surface area contributed by atoms with Gasteiger partial charge in [-0.3, -0.25) is 0 Å². The topological polar surface area (TPSA) is 126 Å². The average Bonchev–Trinajstić information content (AvgIpc) is 3.20. The molecule has 1 aromatic rings. The minimum atomic E-state index is -4.61. The smallest absolute Gasteiger partial charge is 0.744 e. The number of urea groups is 1. The summed E-state index contributed by atoms with van der Waals surface area (Å²) in [7, 11) is -4.61. The number of hydrogen-bond donors (Lipinski definition) is 2. The zero-order valence-corrected chi connectivity index (χ0v) is 26.6. The molecule has 1 aromatic carbocycles. The number of carbonyl (C=O) groups is 1. The Kier molecular flexibility index (Phi) is 18.3. The second-order valence-electron chi connectivity index (χ2n) is 9.63. The predicted octanol–water partition coefficient (Wildman–Crippen LogP) is 4.27. The molecule has 1 unspecified atom stereocenters. The van der Waals surface area contributed by atoms with Gasteiger partial charge in [0, 0.05) is 5.69 Å². The number of nitrogens with one attached hydrogen (secondary N) is 2. The van der Waals surface area contributed by atoms with Crippen molar-refractivity contribution in [2.75, 3.05) is 5.32 Å². The monoisotopic (exact) mass is 575 g/mol. The molecule has 0 aromatic heterocycles. The van der Waals surface area contributed by atoms with Crippen LogP contribution in [0.5, 0.6) is 0 Å². The van der Waals surface area contributed by atoms with E-state index in [2.05, 4.69) is 27.9 Å². The number of amides is 2. The summed E-state index contributed by atoms with van der Waals surface area (Å²) in [6.07, 6.45) is 19.8. The van der Waals surface area contributed by atoms with E-state index in [1.54, 1.807) is 0 Å². The van der Waals surface area contributed by atoms with E-state index in [9.17, 15) is 17.8 Å². The van der Waals surface area contributed by atoms with Gasteiger partial charge in [-0.15, -0.1) is 5.11 Å². The predicted molar refractivity (Wildman–Crippen MR) is 149 cm³/mol. The fourth-order valence-electron chi connectivity index (χ4n) is 4.35. The van der Waals surface area contributed by atoms with Crippen molar-refractivity contribution in [2.24, 2.45) is 10.2 Å². The van der Waals surface area contributed by atoms with Crippen LogP contribution in [0.2, 0.25) is 0 Å². The first-order valence-corrected chi connectivity index (χ1v) is 15.5. The minimum Gasteiger partial charge on any atom is -0.744 e. The molecule has 0 aliphatic carbocycles. The van der Waals surface area contributed by atoms with E-state index in [4.69, 9.17) is 12.2 Å². The number of benzene rings is 1. The molecule has 2 amide bonds. The number of azo groups is 1. The molecule has 0 spiro atoms. The Morgan fingerprint density at radius 3 is 2.00 bits per heavy atom. The van der Waals surface area contributed by atoms with Crippen LogP contribution >= 0.6 is 12.2 Å². The molecule has 208 valence electrons. The van der Waals surface area contributed by atoms with Crippen molar-refractivity contribution in [1.29, 1.82) is 0 Å². The number of hydrogen-bond acceptors (Lipinski definition) is 6. The Labute approximate surface area is 256 Å². The molecule has 2 N–H and O–H groups in total. The van der Waals surface area contributed by atoms with Crippen molar-refractivity contribution in [2.45, 2.75) is 121 Å². The standard InChI is InChI=1S/C26H43N5O4S2.Na/c1-2-3-4-5-6-7-8-9-10-11-12-13-14-15-16-20-24-28-29-26(36)31(24)30-25(32)27-22-18-17-19-23(21-22)37(33,34)35;/h17-19,21,24H,2-16,20H2,1H3,(H2,27,30,32)(H,33,34,35);/q;+1/p-1. The Hall–Kier alpha value is -1.11. The number of rotatable bonds is 19. The van der Waals surface area contributed by atoms with Gasteiger partial charge in [0.2, 0.25) is 5.11 Å². The van der Waals surface area contributed by atoms with Gasteiger partial charge in [0.15, 0.2) is 6.17 Å². The largest absolute Gasteiger partial charge is 1.00 e. The van der Waals surface area contributed by atoms with Gasteiger partial charge in [-0.2, -0.15) is 5.11 Å². The molecular formula is C26H42N5NaO4S2. The number of hydrazine groups is 1. The second-order valence-corrected chi connectivity index (χ2v) is 11.4. The van der Waals surface area contributed by atoms with Crippen LogP contribution in [-0.4, -0.2) is 35.3 Å². The summed E-state index contributed by atoms with van der Waals surface area (Å²) in [6.45, 7) is 2.26. The summed E-state index contributed by atoms with van der Waals surface area (Å²) in [5, 5.41) is 12.2. The number of carbonyl (C=O) groups excluding carboxylic acids is 1. The maximum atomic E-state index is 12.4. The van der Waals surface area contributed by atoms with Gasteiger partial charge < -0.3 is 9.87 Å². The molecule has 2 rings (SSSR count). The fraction of sp³-hybridized carbons (Fsp3) is 0.692. The zero-order chi connectivity index (χ0) is 26.9. The number of thiocarbonyl (C=S) groups is 1. The van der Waals surface area contributed by atoms with Crippen LogP contribution < -0.4 is 40.3 Å². The second kappa shape index (κ2) is 19.9. The maximum Gasteiger partial charge on any atom is 1.00 e. The maximum absolute atomic E-state index is 12.4. The third-order valence-corrected chi connectivity index (χ3v) is 7.56. The van der Waals surface area contributed by atoms with Crippen LogP contribution in [0.3, 0.4) is 0 Å². The van der Waals surface area contributed by atoms with E-state index >= 15 is 0 Å². The van der Waals surface area contributed by atoms with Gasteiger partial charge >= 0.3 is 35.6 Å². The Morgan fingerprint density at radius 1 is 0.947 bits per heavy atom. The van der Waals surface area contributed by atoms with Crippen molar-refractivity contribution in [3.63, 3.8) is 0 Å². The Morgan fingerprint density at radius 2 is 1.47 bits per heavy atom. The third-order valence-electron chi connectivity index (χ3n) is 6.45. The van der Waals surface area contributed by atoms with Crippen LogP contribution in [0.15, 0.2) is 39.4 Å². The van der Waals surface area contributed by atoms with Crippen LogP contribution in [0.25, 0.3) is 0 Å². The molecule has 1 atom stereocenters. The van der Waals surface area contributed by atoms with Crippen LogP contribution in [0.4, 0.5) is 10.5 Å². The molecule has 0 fully saturated rings. The molecule has 0 radical (unpaired) electrons. The molecule has 12 heteroatoms. The molecule has 1 heterocycles. The van der Waals surface area contributed by atoms with E-state index in [1.807, 2.05) is 0 Å². The summed E-state index contributed by atoms with van der Waals surface area (Å²) in [5.41, 5.74) is 2.79. The summed E-state index contributed by atoms with van der Waals surface area (Å²) < 4.78 is 33.5. The first kappa shape index (κ1) is 34.9. The summed E-state index contributed by atoms with van der Waals surface area (Å²) in [6, 6.07) is 4.51. The average molecular weight is 576 g/mol. The number of unbranched alkanes of at least 4 members (excludes halogenated alkanes) is 14. The van der Waals surface area contributed by atoms with Crippen LogP contribution in [0, 0.1) is 0 Å². The van der Waals surface area contributed by atoms with E-state index in [0.717, 1.165) is 18.9 Å². The quantitative estimate of drug-likeness (QED) is 0.110. The summed E-state index contributed by atoms with van der Waals surface area (Å²) in [5.74, 6) is 0. The SMILES string of the molecule is CCCCCCCCCCCCCCCCCC1N=NC(=S)N1NC(=O)Nc1cccc(S(=O)(=O)[O-])c1.[Na+]. The molecule has 1 aliphatic rings. The van der Waals surface area contributed by atoms with Crippen LogP contribution in [-0.2, 0) is 10.1 Å². The Bertz CT molecular complexity index is 978. The molecule has 1 aliphatic heterocycles.